The van der Waals surface area contributed by atoms with E-state index < -0.39 is 34.8 Å². The molecule has 1 N–H and O–H groups in total. The van der Waals surface area contributed by atoms with Gasteiger partial charge in [0.2, 0.25) is 0 Å². The van der Waals surface area contributed by atoms with Gasteiger partial charge in [-0.05, 0) is 19.1 Å². The highest BCUT2D eigenvalue weighted by molar-refractivity contribution is 7.84. The zero-order valence-electron chi connectivity index (χ0n) is 12.2. The van der Waals surface area contributed by atoms with Crippen LogP contribution in [0.15, 0.2) is 29.2 Å². The minimum atomic E-state index is -1.35. The number of esters is 1. The topological polar surface area (TPSA) is 92.8 Å². The summed E-state index contributed by atoms with van der Waals surface area (Å²) in [7, 11) is -1.35. The predicted octanol–water partition coefficient (Wildman–Crippen LogP) is 0.521. The number of hydrogen-bond acceptors (Lipinski definition) is 5. The van der Waals surface area contributed by atoms with Crippen LogP contribution in [0.4, 0.5) is 4.79 Å². The SMILES string of the molecule is C[C@H](OC(=O)c1ccccc1[S@](C)=O)C(=O)N1CCNC1=O. The van der Waals surface area contributed by atoms with Crippen molar-refractivity contribution in [2.24, 2.45) is 0 Å². The lowest BCUT2D eigenvalue weighted by molar-refractivity contribution is -0.136. The molecule has 1 aromatic carbocycles. The number of amides is 3. The van der Waals surface area contributed by atoms with Gasteiger partial charge in [-0.15, -0.1) is 0 Å². The van der Waals surface area contributed by atoms with Gasteiger partial charge in [0, 0.05) is 19.3 Å². The third-order valence-electron chi connectivity index (χ3n) is 3.17. The number of ether oxygens (including phenoxy) is 1. The molecule has 1 aromatic rings. The van der Waals surface area contributed by atoms with Crippen molar-refractivity contribution in [1.82, 2.24) is 10.2 Å². The molecular weight excluding hydrogens is 308 g/mol. The Kier molecular flexibility index (Phi) is 4.92. The van der Waals surface area contributed by atoms with Crippen LogP contribution in [0.1, 0.15) is 17.3 Å². The zero-order valence-corrected chi connectivity index (χ0v) is 13.0. The van der Waals surface area contributed by atoms with E-state index >= 15 is 0 Å². The maximum atomic E-state index is 12.2. The molecule has 1 fully saturated rings. The van der Waals surface area contributed by atoms with Gasteiger partial charge in [0.05, 0.1) is 21.3 Å². The molecule has 0 aromatic heterocycles. The first-order valence-electron chi connectivity index (χ1n) is 6.64. The van der Waals surface area contributed by atoms with Crippen LogP contribution in [0.5, 0.6) is 0 Å². The van der Waals surface area contributed by atoms with Crippen molar-refractivity contribution in [1.29, 1.82) is 0 Å². The standard InChI is InChI=1S/C14H16N2O5S/c1-9(12(17)16-8-7-15-14(16)19)21-13(18)10-5-3-4-6-11(10)22(2)20/h3-6,9H,7-8H2,1-2H3,(H,15,19)/t9-,22-/m0/s1. The highest BCUT2D eigenvalue weighted by atomic mass is 32.2. The van der Waals surface area contributed by atoms with Crippen LogP contribution in [-0.2, 0) is 20.3 Å². The Labute approximate surface area is 130 Å². The summed E-state index contributed by atoms with van der Waals surface area (Å²) in [6.45, 7) is 2.02. The number of nitrogens with one attached hydrogen (secondary N) is 1. The largest absolute Gasteiger partial charge is 0.449 e. The molecular formula is C14H16N2O5S. The van der Waals surface area contributed by atoms with Crippen molar-refractivity contribution in [3.05, 3.63) is 29.8 Å². The van der Waals surface area contributed by atoms with Gasteiger partial charge < -0.3 is 10.1 Å². The Morgan fingerprint density at radius 1 is 1.36 bits per heavy atom. The van der Waals surface area contributed by atoms with Crippen LogP contribution >= 0.6 is 0 Å². The zero-order chi connectivity index (χ0) is 16.3. The molecule has 1 aliphatic heterocycles. The summed E-state index contributed by atoms with van der Waals surface area (Å²) >= 11 is 0. The third kappa shape index (κ3) is 3.33. The first kappa shape index (κ1) is 16.2. The molecule has 3 amide bonds. The Morgan fingerprint density at radius 3 is 2.64 bits per heavy atom. The van der Waals surface area contributed by atoms with Gasteiger partial charge in [-0.3, -0.25) is 13.9 Å². The lowest BCUT2D eigenvalue weighted by atomic mass is 10.2. The van der Waals surface area contributed by atoms with Gasteiger partial charge in [-0.2, -0.15) is 0 Å². The number of imide groups is 1. The van der Waals surface area contributed by atoms with E-state index in [1.54, 1.807) is 18.2 Å². The highest BCUT2D eigenvalue weighted by Crippen LogP contribution is 2.15. The normalized spacial score (nSPS) is 16.8. The number of carbonyl (C=O) groups is 3. The highest BCUT2D eigenvalue weighted by Gasteiger charge is 2.32. The number of benzene rings is 1. The van der Waals surface area contributed by atoms with Crippen LogP contribution in [-0.4, -0.2) is 52.5 Å². The molecule has 0 aliphatic carbocycles. The summed E-state index contributed by atoms with van der Waals surface area (Å²) in [5, 5.41) is 2.50. The number of hydrogen-bond donors (Lipinski definition) is 1. The maximum Gasteiger partial charge on any atom is 0.340 e. The second kappa shape index (κ2) is 6.69. The molecule has 7 nitrogen and oxygen atoms in total. The van der Waals surface area contributed by atoms with E-state index in [-0.39, 0.29) is 12.1 Å². The monoisotopic (exact) mass is 324 g/mol. The molecule has 22 heavy (non-hydrogen) atoms. The summed E-state index contributed by atoms with van der Waals surface area (Å²) in [5.74, 6) is -1.33. The number of nitrogens with zero attached hydrogens (tertiary/aromatic N) is 1. The van der Waals surface area contributed by atoms with E-state index in [2.05, 4.69) is 5.32 Å². The molecule has 2 atom stereocenters. The lowest BCUT2D eigenvalue weighted by Gasteiger charge is -2.18. The Hall–Kier alpha value is -2.22. The maximum absolute atomic E-state index is 12.2. The van der Waals surface area contributed by atoms with Gasteiger partial charge in [0.25, 0.3) is 5.91 Å². The second-order valence-electron chi connectivity index (χ2n) is 4.72. The third-order valence-corrected chi connectivity index (χ3v) is 4.15. The number of urea groups is 1. The molecule has 118 valence electrons. The molecule has 0 spiro atoms. The fourth-order valence-corrected chi connectivity index (χ4v) is 2.79. The van der Waals surface area contributed by atoms with Crippen LogP contribution < -0.4 is 5.32 Å². The van der Waals surface area contributed by atoms with E-state index in [0.717, 1.165) is 4.90 Å². The van der Waals surface area contributed by atoms with E-state index in [4.69, 9.17) is 4.74 Å². The van der Waals surface area contributed by atoms with Gasteiger partial charge >= 0.3 is 12.0 Å². The molecule has 0 unspecified atom stereocenters. The van der Waals surface area contributed by atoms with Gasteiger partial charge in [0.1, 0.15) is 0 Å². The van der Waals surface area contributed by atoms with Gasteiger partial charge in [-0.1, -0.05) is 12.1 Å². The van der Waals surface area contributed by atoms with Crippen LogP contribution in [0.3, 0.4) is 0 Å². The first-order chi connectivity index (χ1) is 10.4. The number of rotatable bonds is 4. The van der Waals surface area contributed by atoms with Crippen molar-refractivity contribution >= 4 is 28.7 Å². The van der Waals surface area contributed by atoms with E-state index in [9.17, 15) is 18.6 Å². The minimum Gasteiger partial charge on any atom is -0.449 e. The summed E-state index contributed by atoms with van der Waals surface area (Å²) < 4.78 is 16.7. The van der Waals surface area contributed by atoms with E-state index in [1.165, 1.54) is 19.2 Å². The van der Waals surface area contributed by atoms with Crippen molar-refractivity contribution in [3.8, 4) is 0 Å². The quantitative estimate of drug-likeness (QED) is 0.815. The average molecular weight is 324 g/mol. The lowest BCUT2D eigenvalue weighted by Crippen LogP contribution is -2.41. The molecule has 0 radical (unpaired) electrons. The molecule has 1 saturated heterocycles. The van der Waals surface area contributed by atoms with Crippen molar-refractivity contribution in [3.63, 3.8) is 0 Å². The van der Waals surface area contributed by atoms with Gasteiger partial charge in [0.15, 0.2) is 6.10 Å². The first-order valence-corrected chi connectivity index (χ1v) is 8.20. The smallest absolute Gasteiger partial charge is 0.340 e. The summed E-state index contributed by atoms with van der Waals surface area (Å²) in [6.07, 6.45) is 0.352. The van der Waals surface area contributed by atoms with Crippen LogP contribution in [0.2, 0.25) is 0 Å². The van der Waals surface area contributed by atoms with Crippen molar-refractivity contribution < 1.29 is 23.3 Å². The molecule has 8 heteroatoms. The number of carbonyl (C=O) groups excluding carboxylic acids is 3. The molecule has 2 rings (SSSR count). The second-order valence-corrected chi connectivity index (χ2v) is 6.07. The summed E-state index contributed by atoms with van der Waals surface area (Å²) in [6, 6.07) is 5.83. The van der Waals surface area contributed by atoms with Crippen molar-refractivity contribution in [2.45, 2.75) is 17.9 Å². The van der Waals surface area contributed by atoms with E-state index in [0.29, 0.717) is 11.4 Å². The molecule has 1 heterocycles. The Morgan fingerprint density at radius 2 is 2.05 bits per heavy atom. The Balaban J connectivity index is 2.10. The fraction of sp³-hybridized carbons (Fsp3) is 0.357. The predicted molar refractivity (Wildman–Crippen MR) is 78.8 cm³/mol. The molecule has 0 bridgehead atoms. The Bertz CT molecular complexity index is 646. The minimum absolute atomic E-state index is 0.147. The molecule has 0 saturated carbocycles. The molecule has 1 aliphatic rings. The summed E-state index contributed by atoms with van der Waals surface area (Å²) in [4.78, 5) is 37.0. The summed E-state index contributed by atoms with van der Waals surface area (Å²) in [5.41, 5.74) is 0.147. The van der Waals surface area contributed by atoms with Crippen molar-refractivity contribution in [2.75, 3.05) is 19.3 Å². The van der Waals surface area contributed by atoms with Gasteiger partial charge in [-0.25, -0.2) is 9.59 Å². The van der Waals surface area contributed by atoms with Crippen LogP contribution in [0.25, 0.3) is 0 Å². The van der Waals surface area contributed by atoms with E-state index in [1.807, 2.05) is 0 Å². The average Bonchev–Trinajstić information content (AvgIpc) is 2.92. The fourth-order valence-electron chi connectivity index (χ4n) is 2.06. The van der Waals surface area contributed by atoms with Crippen LogP contribution in [0, 0.1) is 0 Å².